The Morgan fingerprint density at radius 2 is 2.19 bits per heavy atom. The fraction of sp³-hybridized carbons (Fsp3) is 0.316. The maximum absolute atomic E-state index is 14.2. The normalized spacial score (nSPS) is 16.9. The molecule has 3 aromatic rings. The third-order valence-electron chi connectivity index (χ3n) is 4.65. The Morgan fingerprint density at radius 3 is 2.93 bits per heavy atom. The highest BCUT2D eigenvalue weighted by molar-refractivity contribution is 9.11. The Balaban J connectivity index is 1.64. The van der Waals surface area contributed by atoms with Crippen LogP contribution in [0.2, 0.25) is 0 Å². The van der Waals surface area contributed by atoms with Gasteiger partial charge in [0.15, 0.2) is 0 Å². The minimum absolute atomic E-state index is 0.0437. The van der Waals surface area contributed by atoms with Crippen LogP contribution in [0, 0.1) is 11.6 Å². The van der Waals surface area contributed by atoms with Crippen molar-refractivity contribution in [2.45, 2.75) is 25.5 Å². The highest BCUT2D eigenvalue weighted by atomic mass is 79.9. The van der Waals surface area contributed by atoms with Crippen molar-refractivity contribution in [3.63, 3.8) is 0 Å². The molecule has 3 heterocycles. The lowest BCUT2D eigenvalue weighted by atomic mass is 10.2. The predicted molar refractivity (Wildman–Crippen MR) is 104 cm³/mol. The fourth-order valence-corrected chi connectivity index (χ4v) is 4.86. The van der Waals surface area contributed by atoms with E-state index in [0.29, 0.717) is 17.8 Å². The average molecular weight is 455 g/mol. The van der Waals surface area contributed by atoms with Crippen molar-refractivity contribution in [1.82, 2.24) is 9.88 Å². The zero-order valence-electron chi connectivity index (χ0n) is 14.3. The van der Waals surface area contributed by atoms with E-state index in [1.807, 2.05) is 6.07 Å². The number of aromatic nitrogens is 1. The molecule has 0 bridgehead atoms. The van der Waals surface area contributed by atoms with Gasteiger partial charge in [-0.1, -0.05) is 6.07 Å². The maximum Gasteiger partial charge on any atom is 0.268 e. The minimum atomic E-state index is -0.628. The van der Waals surface area contributed by atoms with Crippen molar-refractivity contribution in [1.29, 1.82) is 0 Å². The monoisotopic (exact) mass is 454 g/mol. The number of hydrogen-bond donors (Lipinski definition) is 1. The van der Waals surface area contributed by atoms with Crippen molar-refractivity contribution in [3.8, 4) is 0 Å². The molecule has 0 spiro atoms. The van der Waals surface area contributed by atoms with E-state index in [0.717, 1.165) is 39.5 Å². The van der Waals surface area contributed by atoms with E-state index < -0.39 is 11.6 Å². The molecule has 1 aromatic carbocycles. The number of fused-ring (bicyclic) bond motifs is 1. The van der Waals surface area contributed by atoms with E-state index in [-0.39, 0.29) is 18.6 Å². The summed E-state index contributed by atoms with van der Waals surface area (Å²) in [6.07, 6.45) is 1.98. The van der Waals surface area contributed by atoms with E-state index >= 15 is 0 Å². The number of carbonyl (C=O) groups excluding carboxylic acids is 1. The summed E-state index contributed by atoms with van der Waals surface area (Å²) in [5.41, 5.74) is 1.60. The Hall–Kier alpha value is -1.77. The van der Waals surface area contributed by atoms with Gasteiger partial charge in [-0.3, -0.25) is 4.79 Å². The number of carbonyl (C=O) groups is 1. The summed E-state index contributed by atoms with van der Waals surface area (Å²) in [6.45, 7) is 1.32. The van der Waals surface area contributed by atoms with Gasteiger partial charge in [-0.05, 0) is 47.0 Å². The first-order valence-corrected chi connectivity index (χ1v) is 10.2. The molecule has 142 valence electrons. The number of rotatable bonds is 5. The Bertz CT molecular complexity index is 995. The second kappa shape index (κ2) is 7.69. The van der Waals surface area contributed by atoms with Crippen molar-refractivity contribution >= 4 is 43.4 Å². The van der Waals surface area contributed by atoms with Crippen molar-refractivity contribution in [2.24, 2.45) is 0 Å². The molecule has 1 N–H and O–H groups in total. The summed E-state index contributed by atoms with van der Waals surface area (Å²) in [5.74, 6) is -1.48. The van der Waals surface area contributed by atoms with Crippen LogP contribution in [0.15, 0.2) is 34.1 Å². The summed E-state index contributed by atoms with van der Waals surface area (Å²) in [6, 6.07) is 7.19. The van der Waals surface area contributed by atoms with Crippen molar-refractivity contribution < 1.29 is 18.3 Å². The second-order valence-electron chi connectivity index (χ2n) is 6.50. The van der Waals surface area contributed by atoms with Crippen LogP contribution in [-0.2, 0) is 11.3 Å². The molecule has 0 saturated carbocycles. The Morgan fingerprint density at radius 1 is 1.33 bits per heavy atom. The number of ether oxygens (including phenoxy) is 1. The molecule has 1 aliphatic rings. The van der Waals surface area contributed by atoms with Crippen LogP contribution in [0.25, 0.3) is 10.2 Å². The van der Waals surface area contributed by atoms with Gasteiger partial charge in [-0.2, -0.15) is 0 Å². The smallest absolute Gasteiger partial charge is 0.268 e. The number of amides is 1. The van der Waals surface area contributed by atoms with E-state index in [4.69, 9.17) is 4.74 Å². The van der Waals surface area contributed by atoms with Crippen molar-refractivity contribution in [2.75, 3.05) is 13.2 Å². The SMILES string of the molecule is O=C(NCC1CCCO1)c1cc2sc(Br)cc2n1Cc1ccc(F)cc1F. The largest absolute Gasteiger partial charge is 0.376 e. The fourth-order valence-electron chi connectivity index (χ4n) is 3.29. The third-order valence-corrected chi connectivity index (χ3v) is 6.22. The van der Waals surface area contributed by atoms with Crippen LogP contribution >= 0.6 is 27.3 Å². The minimum Gasteiger partial charge on any atom is -0.376 e. The van der Waals surface area contributed by atoms with E-state index in [9.17, 15) is 13.6 Å². The lowest BCUT2D eigenvalue weighted by Crippen LogP contribution is -2.33. The molecular formula is C19H17BrF2N2O2S. The summed E-state index contributed by atoms with van der Waals surface area (Å²) in [4.78, 5) is 12.8. The van der Waals surface area contributed by atoms with E-state index in [2.05, 4.69) is 21.2 Å². The third kappa shape index (κ3) is 3.93. The van der Waals surface area contributed by atoms with Gasteiger partial charge in [0, 0.05) is 24.8 Å². The molecule has 1 amide bonds. The summed E-state index contributed by atoms with van der Waals surface area (Å²) >= 11 is 4.95. The molecule has 8 heteroatoms. The van der Waals surface area contributed by atoms with Crippen LogP contribution in [-0.4, -0.2) is 29.7 Å². The van der Waals surface area contributed by atoms with Crippen LogP contribution in [0.5, 0.6) is 0 Å². The second-order valence-corrected chi connectivity index (χ2v) is 8.96. The molecule has 0 aliphatic carbocycles. The van der Waals surface area contributed by atoms with Gasteiger partial charge in [-0.15, -0.1) is 11.3 Å². The number of benzene rings is 1. The van der Waals surface area contributed by atoms with Gasteiger partial charge in [0.25, 0.3) is 5.91 Å². The topological polar surface area (TPSA) is 43.3 Å². The molecule has 0 radical (unpaired) electrons. The molecular weight excluding hydrogens is 438 g/mol. The molecule has 4 nitrogen and oxygen atoms in total. The Kier molecular flexibility index (Phi) is 5.29. The lowest BCUT2D eigenvalue weighted by molar-refractivity contribution is 0.0851. The molecule has 1 fully saturated rings. The number of halogens is 3. The van der Waals surface area contributed by atoms with Crippen LogP contribution in [0.4, 0.5) is 8.78 Å². The van der Waals surface area contributed by atoms with E-state index in [1.165, 1.54) is 23.5 Å². The Labute approximate surface area is 167 Å². The van der Waals surface area contributed by atoms with E-state index in [1.54, 1.807) is 10.6 Å². The number of hydrogen-bond acceptors (Lipinski definition) is 3. The van der Waals surface area contributed by atoms with Gasteiger partial charge < -0.3 is 14.6 Å². The van der Waals surface area contributed by atoms with Crippen LogP contribution < -0.4 is 5.32 Å². The molecule has 4 rings (SSSR count). The molecule has 1 aliphatic heterocycles. The molecule has 1 atom stereocenters. The number of nitrogens with one attached hydrogen (secondary N) is 1. The lowest BCUT2D eigenvalue weighted by Gasteiger charge is -2.14. The highest BCUT2D eigenvalue weighted by Crippen LogP contribution is 2.33. The first kappa shape index (κ1) is 18.6. The first-order chi connectivity index (χ1) is 13.0. The summed E-state index contributed by atoms with van der Waals surface area (Å²) in [7, 11) is 0. The van der Waals surface area contributed by atoms with Gasteiger partial charge >= 0.3 is 0 Å². The number of thiophene rings is 1. The maximum atomic E-state index is 14.2. The predicted octanol–water partition coefficient (Wildman–Crippen LogP) is 4.70. The van der Waals surface area contributed by atoms with Crippen LogP contribution in [0.3, 0.4) is 0 Å². The summed E-state index contributed by atoms with van der Waals surface area (Å²) in [5, 5.41) is 2.91. The standard InChI is InChI=1S/C19H17BrF2N2O2S/c20-18-8-15-17(27-18)7-16(19(25)23-9-13-2-1-5-26-13)24(15)10-11-3-4-12(21)6-14(11)22/h3-4,6-8,13H,1-2,5,9-10H2,(H,23,25). The molecule has 1 saturated heterocycles. The average Bonchev–Trinajstić information content (AvgIpc) is 3.32. The first-order valence-electron chi connectivity index (χ1n) is 8.63. The molecule has 27 heavy (non-hydrogen) atoms. The highest BCUT2D eigenvalue weighted by Gasteiger charge is 2.21. The van der Waals surface area contributed by atoms with Gasteiger partial charge in [0.05, 0.1) is 26.7 Å². The van der Waals surface area contributed by atoms with Gasteiger partial charge in [0.1, 0.15) is 17.3 Å². The summed E-state index contributed by atoms with van der Waals surface area (Å²) < 4.78 is 36.5. The van der Waals surface area contributed by atoms with Crippen molar-refractivity contribution in [3.05, 3.63) is 57.0 Å². The quantitative estimate of drug-likeness (QED) is 0.606. The number of nitrogens with zero attached hydrogens (tertiary/aromatic N) is 1. The van der Waals surface area contributed by atoms with Crippen LogP contribution in [0.1, 0.15) is 28.9 Å². The molecule has 1 unspecified atom stereocenters. The van der Waals surface area contributed by atoms with Gasteiger partial charge in [0.2, 0.25) is 0 Å². The zero-order chi connectivity index (χ0) is 19.0. The zero-order valence-corrected chi connectivity index (χ0v) is 16.7. The molecule has 2 aromatic heterocycles. The van der Waals surface area contributed by atoms with Gasteiger partial charge in [-0.25, -0.2) is 8.78 Å².